The number of Topliss-reactive ketones (excluding diaryl/α,β-unsaturated/α-hetero) is 1. The van der Waals surface area contributed by atoms with E-state index in [1.165, 1.54) is 30.9 Å². The number of thioether (sulfide) groups is 1. The van der Waals surface area contributed by atoms with Crippen LogP contribution in [0.5, 0.6) is 5.75 Å². The van der Waals surface area contributed by atoms with E-state index in [2.05, 4.69) is 31.9 Å². The second-order valence-electron chi connectivity index (χ2n) is 8.32. The van der Waals surface area contributed by atoms with Gasteiger partial charge in [0.15, 0.2) is 5.78 Å². The van der Waals surface area contributed by atoms with Crippen LogP contribution in [0.2, 0.25) is 0 Å². The van der Waals surface area contributed by atoms with Crippen LogP contribution in [-0.4, -0.2) is 53.6 Å². The van der Waals surface area contributed by atoms with Gasteiger partial charge in [-0.2, -0.15) is 0 Å². The van der Waals surface area contributed by atoms with E-state index in [1.54, 1.807) is 13.8 Å². The van der Waals surface area contributed by atoms with Crippen molar-refractivity contribution in [3.8, 4) is 5.75 Å². The fourth-order valence-corrected chi connectivity index (χ4v) is 7.78. The quantitative estimate of drug-likeness (QED) is 0.307. The van der Waals surface area contributed by atoms with Gasteiger partial charge in [0.2, 0.25) is 0 Å². The normalized spacial score (nSPS) is 25.6. The molecule has 0 amide bonds. The summed E-state index contributed by atoms with van der Waals surface area (Å²) in [5.74, 6) is -3.51. The number of nitrogens with zero attached hydrogens (tertiary/aromatic N) is 1. The lowest BCUT2D eigenvalue weighted by atomic mass is 9.59. The monoisotopic (exact) mass is 613 g/mol. The van der Waals surface area contributed by atoms with Crippen molar-refractivity contribution < 1.29 is 33.8 Å². The lowest BCUT2D eigenvalue weighted by Crippen LogP contribution is -2.61. The summed E-state index contributed by atoms with van der Waals surface area (Å²) in [6, 6.07) is 0. The van der Waals surface area contributed by atoms with Gasteiger partial charge in [0, 0.05) is 21.0 Å². The fourth-order valence-electron chi connectivity index (χ4n) is 5.06. The molecular formula is C23H21Br2NO7S. The first kappa shape index (κ1) is 25.0. The van der Waals surface area contributed by atoms with E-state index in [0.29, 0.717) is 32.1 Å². The van der Waals surface area contributed by atoms with Crippen molar-refractivity contribution in [2.24, 2.45) is 11.3 Å². The van der Waals surface area contributed by atoms with E-state index in [-0.39, 0.29) is 29.0 Å². The van der Waals surface area contributed by atoms with Crippen molar-refractivity contribution in [3.63, 3.8) is 0 Å². The summed E-state index contributed by atoms with van der Waals surface area (Å²) in [6.45, 7) is 5.31. The molecule has 8 nitrogen and oxygen atoms in total. The molecule has 1 N–H and O–H groups in total. The number of carbonyl (C=O) groups excluding carboxylic acids is 4. The van der Waals surface area contributed by atoms with Crippen LogP contribution in [0.1, 0.15) is 35.3 Å². The number of halogens is 2. The van der Waals surface area contributed by atoms with Crippen molar-refractivity contribution >= 4 is 67.6 Å². The van der Waals surface area contributed by atoms with Crippen LogP contribution in [0, 0.1) is 18.3 Å². The van der Waals surface area contributed by atoms with Crippen molar-refractivity contribution in [2.75, 3.05) is 14.2 Å². The molecule has 2 aliphatic heterocycles. The van der Waals surface area contributed by atoms with Crippen LogP contribution in [0.3, 0.4) is 0 Å². The first-order valence-corrected chi connectivity index (χ1v) is 12.7. The standard InChI is InChI=1S/C23H21Br2NO7S/c1-8-15(24)11-6-12-14(20(30)32-4)17(21(31)33-5)26-9(2)10(3)34-22(26)23(12,7-27)19(29)13(11)18(28)16(8)25/h7,12,22,28H,6H2,1-5H3/t12-,22?,23?/m1/s1. The number of allylic oxidation sites excluding steroid dienone is 2. The molecule has 0 fully saturated rings. The second kappa shape index (κ2) is 8.53. The van der Waals surface area contributed by atoms with Crippen molar-refractivity contribution in [1.29, 1.82) is 0 Å². The van der Waals surface area contributed by atoms with Gasteiger partial charge in [-0.25, -0.2) is 9.59 Å². The summed E-state index contributed by atoms with van der Waals surface area (Å²) in [4.78, 5) is 55.7. The van der Waals surface area contributed by atoms with Gasteiger partial charge in [-0.1, -0.05) is 15.9 Å². The van der Waals surface area contributed by atoms with Crippen molar-refractivity contribution in [1.82, 2.24) is 4.90 Å². The third-order valence-corrected chi connectivity index (χ3v) is 10.4. The number of phenolic OH excluding ortho intramolecular Hbond substituents is 1. The minimum absolute atomic E-state index is 0.0150. The number of aldehydes is 1. The summed E-state index contributed by atoms with van der Waals surface area (Å²) < 4.78 is 11.0. The molecule has 4 rings (SSSR count). The Morgan fingerprint density at radius 2 is 1.76 bits per heavy atom. The van der Waals surface area contributed by atoms with Gasteiger partial charge in [0.25, 0.3) is 0 Å². The third kappa shape index (κ3) is 3.02. The molecule has 11 heteroatoms. The molecule has 3 atom stereocenters. The number of carbonyl (C=O) groups is 4. The molecule has 0 aromatic heterocycles. The summed E-state index contributed by atoms with van der Waals surface area (Å²) in [5.41, 5.74) is -0.183. The van der Waals surface area contributed by atoms with Gasteiger partial charge < -0.3 is 24.3 Å². The van der Waals surface area contributed by atoms with E-state index in [4.69, 9.17) is 9.47 Å². The first-order valence-electron chi connectivity index (χ1n) is 10.2. The summed E-state index contributed by atoms with van der Waals surface area (Å²) >= 11 is 8.12. The SMILES string of the molecule is COC(=O)C1=C(C(=O)OC)N2C(C)=C(C)SC2C2(C=O)C(=O)c3c(O)c(Br)c(C)c(Br)c3C[C@H]12. The van der Waals surface area contributed by atoms with Gasteiger partial charge in [-0.05, 0) is 54.2 Å². The highest BCUT2D eigenvalue weighted by Crippen LogP contribution is 2.61. The smallest absolute Gasteiger partial charge is 0.355 e. The van der Waals surface area contributed by atoms with Gasteiger partial charge in [-0.15, -0.1) is 11.8 Å². The molecule has 1 aromatic carbocycles. The largest absolute Gasteiger partial charge is 0.506 e. The number of hydrogen-bond donors (Lipinski definition) is 1. The number of hydrogen-bond acceptors (Lipinski definition) is 9. The number of benzene rings is 1. The average molecular weight is 615 g/mol. The van der Waals surface area contributed by atoms with Crippen LogP contribution in [0.4, 0.5) is 0 Å². The number of methoxy groups -OCH3 is 2. The molecule has 0 spiro atoms. The van der Waals surface area contributed by atoms with E-state index in [9.17, 15) is 24.3 Å². The Bertz CT molecular complexity index is 1250. The molecule has 2 heterocycles. The minimum Gasteiger partial charge on any atom is -0.506 e. The summed E-state index contributed by atoms with van der Waals surface area (Å²) in [7, 11) is 2.37. The molecule has 0 radical (unpaired) electrons. The Morgan fingerprint density at radius 1 is 1.15 bits per heavy atom. The second-order valence-corrected chi connectivity index (χ2v) is 11.2. The first-order chi connectivity index (χ1) is 16.0. The average Bonchev–Trinajstić information content (AvgIpc) is 3.13. The Balaban J connectivity index is 2.15. The van der Waals surface area contributed by atoms with Crippen LogP contribution in [0.15, 0.2) is 30.8 Å². The highest BCUT2D eigenvalue weighted by Gasteiger charge is 2.66. The van der Waals surface area contributed by atoms with Crippen molar-refractivity contribution in [2.45, 2.75) is 32.6 Å². The highest BCUT2D eigenvalue weighted by molar-refractivity contribution is 9.11. The predicted octanol–water partition coefficient (Wildman–Crippen LogP) is 4.01. The predicted molar refractivity (Wildman–Crippen MR) is 131 cm³/mol. The molecule has 0 bridgehead atoms. The zero-order valence-electron chi connectivity index (χ0n) is 18.9. The molecule has 0 saturated carbocycles. The number of phenols is 1. The Labute approximate surface area is 217 Å². The summed E-state index contributed by atoms with van der Waals surface area (Å²) in [6.07, 6.45) is 0.591. The zero-order chi connectivity index (χ0) is 25.3. The maximum Gasteiger partial charge on any atom is 0.355 e. The van der Waals surface area contributed by atoms with Gasteiger partial charge >= 0.3 is 11.9 Å². The van der Waals surface area contributed by atoms with Gasteiger partial charge in [-0.3, -0.25) is 4.79 Å². The molecule has 180 valence electrons. The number of rotatable bonds is 3. The number of aromatic hydroxyl groups is 1. The third-order valence-electron chi connectivity index (χ3n) is 6.90. The zero-order valence-corrected chi connectivity index (χ0v) is 22.9. The van der Waals surface area contributed by atoms with E-state index in [0.717, 1.165) is 4.91 Å². The fraction of sp³-hybridized carbons (Fsp3) is 0.391. The topological polar surface area (TPSA) is 110 Å². The Hall–Kier alpha value is -2.11. The number of fused-ring (bicyclic) bond motifs is 4. The van der Waals surface area contributed by atoms with Crippen molar-refractivity contribution in [3.05, 3.63) is 47.5 Å². The number of ketones is 1. The maximum absolute atomic E-state index is 14.2. The van der Waals surface area contributed by atoms with Crippen LogP contribution >= 0.6 is 43.6 Å². The molecule has 0 saturated heterocycles. The van der Waals surface area contributed by atoms with E-state index in [1.807, 2.05) is 6.92 Å². The molecular weight excluding hydrogens is 594 g/mol. The van der Waals surface area contributed by atoms with Gasteiger partial charge in [0.05, 0.1) is 29.8 Å². The molecule has 1 aliphatic carbocycles. The lowest BCUT2D eigenvalue weighted by molar-refractivity contribution is -0.143. The molecule has 3 aliphatic rings. The van der Waals surface area contributed by atoms with Crippen LogP contribution in [0.25, 0.3) is 0 Å². The molecule has 1 aromatic rings. The molecule has 34 heavy (non-hydrogen) atoms. The molecule has 2 unspecified atom stereocenters. The summed E-state index contributed by atoms with van der Waals surface area (Å²) in [5, 5.41) is 10.1. The minimum atomic E-state index is -1.77. The van der Waals surface area contributed by atoms with Gasteiger partial charge in [0.1, 0.15) is 28.5 Å². The van der Waals surface area contributed by atoms with E-state index < -0.39 is 34.4 Å². The van der Waals surface area contributed by atoms with Crippen LogP contribution in [-0.2, 0) is 30.3 Å². The number of esters is 2. The number of ether oxygens (including phenoxy) is 2. The lowest BCUT2D eigenvalue weighted by Gasteiger charge is -2.51. The highest BCUT2D eigenvalue weighted by atomic mass is 79.9. The Kier molecular flexibility index (Phi) is 6.27. The maximum atomic E-state index is 14.2. The van der Waals surface area contributed by atoms with Crippen LogP contribution < -0.4 is 0 Å². The Morgan fingerprint density at radius 3 is 2.32 bits per heavy atom. The van der Waals surface area contributed by atoms with E-state index >= 15 is 0 Å².